The van der Waals surface area contributed by atoms with Crippen LogP contribution in [0, 0.1) is 11.3 Å². The first-order chi connectivity index (χ1) is 8.70. The highest BCUT2D eigenvalue weighted by Crippen LogP contribution is 2.24. The largest absolute Gasteiger partial charge is 0.366 e. The number of nitrogens with one attached hydrogen (secondary N) is 1. The van der Waals surface area contributed by atoms with Gasteiger partial charge in [0.15, 0.2) is 0 Å². The molecule has 0 aliphatic rings. The molecule has 0 unspecified atom stereocenters. The SMILES string of the molecule is N#Cc1c[nH]c2cc3ncnc3cc2c1C(N)=O. The third-order valence-corrected chi connectivity index (χ3v) is 2.79. The highest BCUT2D eigenvalue weighted by atomic mass is 16.1. The van der Waals surface area contributed by atoms with Crippen molar-refractivity contribution in [1.29, 1.82) is 5.26 Å². The zero-order valence-electron chi connectivity index (χ0n) is 9.14. The first kappa shape index (κ1) is 10.2. The second-order valence-electron chi connectivity index (χ2n) is 3.81. The van der Waals surface area contributed by atoms with Gasteiger partial charge in [0.05, 0.1) is 22.2 Å². The topological polar surface area (TPSA) is 108 Å². The first-order valence-electron chi connectivity index (χ1n) is 5.16. The fourth-order valence-electron chi connectivity index (χ4n) is 1.98. The average molecular weight is 237 g/mol. The van der Waals surface area contributed by atoms with Crippen LogP contribution in [-0.2, 0) is 0 Å². The molecule has 0 radical (unpaired) electrons. The average Bonchev–Trinajstić information content (AvgIpc) is 2.81. The van der Waals surface area contributed by atoms with Crippen LogP contribution in [0.4, 0.5) is 0 Å². The summed E-state index contributed by atoms with van der Waals surface area (Å²) in [5, 5.41) is 9.57. The maximum Gasteiger partial charge on any atom is 0.250 e. The summed E-state index contributed by atoms with van der Waals surface area (Å²) in [7, 11) is 0. The molecule has 3 rings (SSSR count). The molecule has 86 valence electrons. The van der Waals surface area contributed by atoms with Crippen LogP contribution in [-0.4, -0.2) is 20.9 Å². The minimum absolute atomic E-state index is 0.205. The van der Waals surface area contributed by atoms with Crippen LogP contribution in [0.1, 0.15) is 15.9 Å². The number of nitriles is 1. The van der Waals surface area contributed by atoms with Crippen LogP contribution in [0.5, 0.6) is 0 Å². The molecule has 1 aromatic carbocycles. The molecule has 0 saturated heterocycles. The maximum atomic E-state index is 11.5. The smallest absolute Gasteiger partial charge is 0.250 e. The molecule has 18 heavy (non-hydrogen) atoms. The number of H-pyrrole nitrogens is 1. The van der Waals surface area contributed by atoms with Crippen molar-refractivity contribution in [1.82, 2.24) is 15.0 Å². The lowest BCUT2D eigenvalue weighted by Crippen LogP contribution is -2.14. The van der Waals surface area contributed by atoms with Gasteiger partial charge in [0, 0.05) is 17.1 Å². The predicted molar refractivity (Wildman–Crippen MR) is 64.6 cm³/mol. The number of amides is 1. The maximum absolute atomic E-state index is 11.5. The van der Waals surface area contributed by atoms with Gasteiger partial charge in [-0.1, -0.05) is 0 Å². The Morgan fingerprint density at radius 1 is 1.33 bits per heavy atom. The van der Waals surface area contributed by atoms with E-state index in [4.69, 9.17) is 11.0 Å². The summed E-state index contributed by atoms with van der Waals surface area (Å²) in [5.41, 5.74) is 7.83. The zero-order valence-corrected chi connectivity index (χ0v) is 9.14. The molecule has 1 amide bonds. The van der Waals surface area contributed by atoms with Gasteiger partial charge >= 0.3 is 0 Å². The number of carbonyl (C=O) groups is 1. The minimum Gasteiger partial charge on any atom is -0.366 e. The zero-order chi connectivity index (χ0) is 12.7. The van der Waals surface area contributed by atoms with E-state index in [2.05, 4.69) is 15.0 Å². The second kappa shape index (κ2) is 3.53. The summed E-state index contributed by atoms with van der Waals surface area (Å²) in [6, 6.07) is 5.42. The molecule has 3 N–H and O–H groups in total. The Morgan fingerprint density at radius 2 is 2.06 bits per heavy atom. The number of pyridine rings is 1. The molecule has 0 bridgehead atoms. The number of imidazole rings is 1. The molecule has 0 spiro atoms. The lowest BCUT2D eigenvalue weighted by Gasteiger charge is -2.05. The Bertz CT molecular complexity index is 827. The van der Waals surface area contributed by atoms with E-state index in [-0.39, 0.29) is 11.1 Å². The fraction of sp³-hybridized carbons (Fsp3) is 0. The van der Waals surface area contributed by atoms with Crippen molar-refractivity contribution in [3.8, 4) is 6.07 Å². The van der Waals surface area contributed by atoms with E-state index >= 15 is 0 Å². The molecule has 0 fully saturated rings. The number of hydrogen-bond donors (Lipinski definition) is 2. The molecular formula is C12H7N5O. The molecule has 0 aliphatic carbocycles. The molecule has 6 nitrogen and oxygen atoms in total. The summed E-state index contributed by atoms with van der Waals surface area (Å²) in [5.74, 6) is -0.635. The van der Waals surface area contributed by atoms with Gasteiger partial charge in [0.25, 0.3) is 5.91 Å². The number of aromatic amines is 1. The van der Waals surface area contributed by atoms with Crippen LogP contribution >= 0.6 is 0 Å². The normalized spacial score (nSPS) is 10.6. The Hall–Kier alpha value is -2.94. The number of carbonyl (C=O) groups excluding carboxylic acids is 1. The fourth-order valence-corrected chi connectivity index (χ4v) is 1.98. The van der Waals surface area contributed by atoms with E-state index in [0.29, 0.717) is 16.4 Å². The van der Waals surface area contributed by atoms with Gasteiger partial charge in [-0.3, -0.25) is 4.79 Å². The van der Waals surface area contributed by atoms with E-state index in [0.717, 1.165) is 5.52 Å². The number of nitrogens with two attached hydrogens (primary N) is 1. The van der Waals surface area contributed by atoms with E-state index < -0.39 is 5.91 Å². The summed E-state index contributed by atoms with van der Waals surface area (Å²) in [6.07, 6.45) is 2.91. The Morgan fingerprint density at radius 3 is 2.72 bits per heavy atom. The van der Waals surface area contributed by atoms with Gasteiger partial charge in [-0.05, 0) is 12.1 Å². The Balaban J connectivity index is 2.52. The van der Waals surface area contributed by atoms with Crippen molar-refractivity contribution in [2.45, 2.75) is 0 Å². The number of aromatic nitrogens is 3. The van der Waals surface area contributed by atoms with Crippen molar-refractivity contribution in [2.24, 2.45) is 5.73 Å². The Labute approximate surface area is 101 Å². The van der Waals surface area contributed by atoms with Crippen molar-refractivity contribution in [3.05, 3.63) is 35.8 Å². The summed E-state index contributed by atoms with van der Waals surface area (Å²) in [4.78, 5) is 22.6. The molecule has 0 saturated carbocycles. The highest BCUT2D eigenvalue weighted by molar-refractivity contribution is 6.09. The number of fused-ring (bicyclic) bond motifs is 2. The first-order valence-corrected chi connectivity index (χ1v) is 5.16. The number of nitrogens with zero attached hydrogens (tertiary/aromatic N) is 3. The summed E-state index contributed by atoms with van der Waals surface area (Å²) < 4.78 is 0. The van der Waals surface area contributed by atoms with Crippen LogP contribution in [0.25, 0.3) is 21.9 Å². The standard InChI is InChI=1S/C12H7N5O/c13-3-6-4-15-8-2-10-9(16-5-17-10)1-7(8)11(6)12(14)18/h1-2,4-5,15H,(H2,14,18). The predicted octanol–water partition coefficient (Wildman–Crippen LogP) is 1.08. The molecule has 0 atom stereocenters. The van der Waals surface area contributed by atoms with Gasteiger partial charge < -0.3 is 10.7 Å². The van der Waals surface area contributed by atoms with Gasteiger partial charge in [0.1, 0.15) is 12.4 Å². The third kappa shape index (κ3) is 1.31. The van der Waals surface area contributed by atoms with Gasteiger partial charge in [-0.25, -0.2) is 9.97 Å². The molecule has 3 aromatic rings. The van der Waals surface area contributed by atoms with Crippen LogP contribution < -0.4 is 5.73 Å². The highest BCUT2D eigenvalue weighted by Gasteiger charge is 2.14. The monoisotopic (exact) mass is 237 g/mol. The van der Waals surface area contributed by atoms with E-state index in [1.165, 1.54) is 12.5 Å². The van der Waals surface area contributed by atoms with Gasteiger partial charge in [0.2, 0.25) is 0 Å². The molecule has 2 aromatic heterocycles. The third-order valence-electron chi connectivity index (χ3n) is 2.79. The van der Waals surface area contributed by atoms with E-state index in [9.17, 15) is 4.79 Å². The van der Waals surface area contributed by atoms with Crippen molar-refractivity contribution < 1.29 is 4.79 Å². The lowest BCUT2D eigenvalue weighted by molar-refractivity contribution is 0.100. The molecule has 0 aliphatic heterocycles. The Kier molecular flexibility index (Phi) is 2.01. The van der Waals surface area contributed by atoms with E-state index in [1.54, 1.807) is 12.1 Å². The van der Waals surface area contributed by atoms with Crippen molar-refractivity contribution >= 4 is 27.8 Å². The summed E-state index contributed by atoms with van der Waals surface area (Å²) >= 11 is 0. The quantitative estimate of drug-likeness (QED) is 0.660. The number of hydrogen-bond acceptors (Lipinski definition) is 4. The molecule has 2 heterocycles. The van der Waals surface area contributed by atoms with E-state index in [1.807, 2.05) is 6.07 Å². The number of benzene rings is 1. The van der Waals surface area contributed by atoms with Crippen LogP contribution in [0.15, 0.2) is 24.7 Å². The second-order valence-corrected chi connectivity index (χ2v) is 3.81. The number of rotatable bonds is 1. The molecular weight excluding hydrogens is 230 g/mol. The van der Waals surface area contributed by atoms with Crippen LogP contribution in [0.2, 0.25) is 0 Å². The van der Waals surface area contributed by atoms with Crippen molar-refractivity contribution in [3.63, 3.8) is 0 Å². The van der Waals surface area contributed by atoms with Gasteiger partial charge in [-0.15, -0.1) is 0 Å². The molecule has 6 heteroatoms. The minimum atomic E-state index is -0.635. The summed E-state index contributed by atoms with van der Waals surface area (Å²) in [6.45, 7) is 0. The van der Waals surface area contributed by atoms with Crippen LogP contribution in [0.3, 0.4) is 0 Å². The number of primary amides is 1. The van der Waals surface area contributed by atoms with Gasteiger partial charge in [-0.2, -0.15) is 5.26 Å². The van der Waals surface area contributed by atoms with Crippen molar-refractivity contribution in [2.75, 3.05) is 0 Å². The lowest BCUT2D eigenvalue weighted by atomic mass is 10.0.